The lowest BCUT2D eigenvalue weighted by Gasteiger charge is -2.05. The van der Waals surface area contributed by atoms with Crippen LogP contribution in [-0.4, -0.2) is 33.5 Å². The first-order valence-corrected chi connectivity index (χ1v) is 10.0. The molecule has 0 atom stereocenters. The summed E-state index contributed by atoms with van der Waals surface area (Å²) in [4.78, 5) is 23.6. The predicted octanol–water partition coefficient (Wildman–Crippen LogP) is 1.75. The van der Waals surface area contributed by atoms with Gasteiger partial charge in [0, 0.05) is 30.9 Å². The largest absolute Gasteiger partial charge is 0.355 e. The third-order valence-electron chi connectivity index (χ3n) is 3.52. The van der Waals surface area contributed by atoms with Gasteiger partial charge in [0.25, 0.3) is 5.91 Å². The molecule has 0 heterocycles. The van der Waals surface area contributed by atoms with E-state index in [4.69, 9.17) is 0 Å². The van der Waals surface area contributed by atoms with E-state index in [2.05, 4.69) is 15.4 Å². The van der Waals surface area contributed by atoms with Gasteiger partial charge in [-0.1, -0.05) is 24.3 Å². The highest BCUT2D eigenvalue weighted by Crippen LogP contribution is 2.12. The zero-order valence-corrected chi connectivity index (χ0v) is 15.8. The van der Waals surface area contributed by atoms with Gasteiger partial charge in [-0.05, 0) is 41.5 Å². The Balaban J connectivity index is 1.91. The number of anilines is 1. The highest BCUT2D eigenvalue weighted by molar-refractivity contribution is 7.92. The smallest absolute Gasteiger partial charge is 0.251 e. The average Bonchev–Trinajstić information content (AvgIpc) is 2.64. The predicted molar refractivity (Wildman–Crippen MR) is 106 cm³/mol. The van der Waals surface area contributed by atoms with Crippen LogP contribution in [0, 0.1) is 0 Å². The van der Waals surface area contributed by atoms with E-state index in [0.717, 1.165) is 17.4 Å². The maximum absolute atomic E-state index is 12.0. The lowest BCUT2D eigenvalue weighted by Crippen LogP contribution is -2.21. The molecule has 2 aromatic rings. The van der Waals surface area contributed by atoms with E-state index in [0.29, 0.717) is 17.8 Å². The number of carbonyl (C=O) groups is 2. The summed E-state index contributed by atoms with van der Waals surface area (Å²) in [7, 11) is -1.76. The quantitative estimate of drug-likeness (QED) is 0.630. The molecule has 0 aromatic heterocycles. The fourth-order valence-corrected chi connectivity index (χ4v) is 2.83. The number of nitrogens with one attached hydrogen (secondary N) is 3. The van der Waals surface area contributed by atoms with Crippen LogP contribution in [0.5, 0.6) is 0 Å². The van der Waals surface area contributed by atoms with E-state index in [9.17, 15) is 18.0 Å². The van der Waals surface area contributed by atoms with Crippen molar-refractivity contribution >= 4 is 33.6 Å². The molecule has 8 heteroatoms. The van der Waals surface area contributed by atoms with Gasteiger partial charge in [0.15, 0.2) is 0 Å². The van der Waals surface area contributed by atoms with E-state index < -0.39 is 10.0 Å². The van der Waals surface area contributed by atoms with Gasteiger partial charge in [-0.2, -0.15) is 0 Å². The Morgan fingerprint density at radius 1 is 1.07 bits per heavy atom. The lowest BCUT2D eigenvalue weighted by molar-refractivity contribution is -0.116. The summed E-state index contributed by atoms with van der Waals surface area (Å²) < 4.78 is 24.7. The second kappa shape index (κ2) is 9.00. The van der Waals surface area contributed by atoms with Gasteiger partial charge in [0.1, 0.15) is 0 Å². The van der Waals surface area contributed by atoms with Crippen molar-refractivity contribution in [3.63, 3.8) is 0 Å². The van der Waals surface area contributed by atoms with E-state index in [-0.39, 0.29) is 11.8 Å². The number of hydrogen-bond acceptors (Lipinski definition) is 4. The minimum absolute atomic E-state index is 0.183. The average molecular weight is 387 g/mol. The molecule has 7 nitrogen and oxygen atoms in total. The van der Waals surface area contributed by atoms with Crippen molar-refractivity contribution in [1.29, 1.82) is 0 Å². The van der Waals surface area contributed by atoms with Crippen molar-refractivity contribution in [3.8, 4) is 0 Å². The van der Waals surface area contributed by atoms with Crippen LogP contribution in [-0.2, 0) is 21.4 Å². The summed E-state index contributed by atoms with van der Waals surface area (Å²) in [6, 6.07) is 13.6. The molecule has 0 saturated heterocycles. The van der Waals surface area contributed by atoms with Crippen LogP contribution < -0.4 is 15.4 Å². The van der Waals surface area contributed by atoms with Crippen LogP contribution in [0.15, 0.2) is 54.6 Å². The van der Waals surface area contributed by atoms with Gasteiger partial charge in [-0.25, -0.2) is 8.42 Å². The highest BCUT2D eigenvalue weighted by Gasteiger charge is 2.04. The summed E-state index contributed by atoms with van der Waals surface area (Å²) in [6.07, 6.45) is 4.09. The van der Waals surface area contributed by atoms with Crippen LogP contribution in [0.4, 0.5) is 5.69 Å². The van der Waals surface area contributed by atoms with Crippen molar-refractivity contribution in [2.75, 3.05) is 18.0 Å². The number of amides is 2. The van der Waals surface area contributed by atoms with Gasteiger partial charge in [0.05, 0.1) is 6.26 Å². The zero-order chi connectivity index (χ0) is 19.9. The second-order valence-electron chi connectivity index (χ2n) is 5.83. The molecule has 0 saturated carbocycles. The molecule has 0 aliphatic rings. The zero-order valence-electron chi connectivity index (χ0n) is 15.0. The molecular formula is C19H21N3O4S. The first-order valence-electron chi connectivity index (χ1n) is 8.11. The molecule has 2 rings (SSSR count). The monoisotopic (exact) mass is 387 g/mol. The lowest BCUT2D eigenvalue weighted by atomic mass is 10.1. The third-order valence-corrected chi connectivity index (χ3v) is 4.13. The first kappa shape index (κ1) is 20.2. The molecule has 142 valence electrons. The minimum atomic E-state index is -3.32. The van der Waals surface area contributed by atoms with Crippen molar-refractivity contribution in [2.24, 2.45) is 0 Å². The van der Waals surface area contributed by atoms with Crippen molar-refractivity contribution < 1.29 is 18.0 Å². The number of carbonyl (C=O) groups excluding carboxylic acids is 2. The van der Waals surface area contributed by atoms with E-state index in [1.165, 1.54) is 6.08 Å². The molecule has 0 fully saturated rings. The number of rotatable bonds is 7. The normalized spacial score (nSPS) is 11.2. The summed E-state index contributed by atoms with van der Waals surface area (Å²) in [5.74, 6) is -0.462. The Bertz CT molecular complexity index is 951. The Morgan fingerprint density at radius 3 is 2.41 bits per heavy atom. The van der Waals surface area contributed by atoms with Gasteiger partial charge < -0.3 is 10.6 Å². The van der Waals surface area contributed by atoms with Gasteiger partial charge >= 0.3 is 0 Å². The van der Waals surface area contributed by atoms with Crippen LogP contribution in [0.2, 0.25) is 0 Å². The Hall–Kier alpha value is -3.13. The summed E-state index contributed by atoms with van der Waals surface area (Å²) in [5, 5.41) is 5.30. The van der Waals surface area contributed by atoms with Crippen molar-refractivity contribution in [3.05, 3.63) is 71.3 Å². The van der Waals surface area contributed by atoms with Crippen LogP contribution >= 0.6 is 0 Å². The SMILES string of the molecule is CNC(=O)c1cccc(CNC(=O)/C=C/c2ccc(NS(C)(=O)=O)cc2)c1. The molecule has 27 heavy (non-hydrogen) atoms. The number of hydrogen-bond donors (Lipinski definition) is 3. The summed E-state index contributed by atoms with van der Waals surface area (Å²) in [6.45, 7) is 0.297. The van der Waals surface area contributed by atoms with Crippen molar-refractivity contribution in [1.82, 2.24) is 10.6 Å². The van der Waals surface area contributed by atoms with Gasteiger partial charge in [-0.15, -0.1) is 0 Å². The number of sulfonamides is 1. The molecule has 2 aromatic carbocycles. The molecule has 2 amide bonds. The molecule has 0 spiro atoms. The summed E-state index contributed by atoms with van der Waals surface area (Å²) >= 11 is 0. The molecule has 0 radical (unpaired) electrons. The number of benzene rings is 2. The van der Waals surface area contributed by atoms with E-state index in [1.54, 1.807) is 55.6 Å². The summed E-state index contributed by atoms with van der Waals surface area (Å²) in [5.41, 5.74) is 2.55. The maximum Gasteiger partial charge on any atom is 0.251 e. The molecule has 0 aliphatic heterocycles. The van der Waals surface area contributed by atoms with E-state index in [1.807, 2.05) is 6.07 Å². The Labute approximate surface area is 158 Å². The molecule has 3 N–H and O–H groups in total. The van der Waals surface area contributed by atoms with E-state index >= 15 is 0 Å². The minimum Gasteiger partial charge on any atom is -0.355 e. The highest BCUT2D eigenvalue weighted by atomic mass is 32.2. The van der Waals surface area contributed by atoms with Crippen LogP contribution in [0.1, 0.15) is 21.5 Å². The standard InChI is InChI=1S/C19H21N3O4S/c1-20-19(24)16-5-3-4-15(12-16)13-21-18(23)11-8-14-6-9-17(10-7-14)22-27(2,25)26/h3-12,22H,13H2,1-2H3,(H,20,24)(H,21,23)/b11-8+. The fraction of sp³-hybridized carbons (Fsp3) is 0.158. The second-order valence-corrected chi connectivity index (χ2v) is 7.58. The fourth-order valence-electron chi connectivity index (χ4n) is 2.26. The third kappa shape index (κ3) is 6.95. The molecule has 0 bridgehead atoms. The Kier molecular flexibility index (Phi) is 6.73. The van der Waals surface area contributed by atoms with Gasteiger partial charge in [0.2, 0.25) is 15.9 Å². The molecular weight excluding hydrogens is 366 g/mol. The van der Waals surface area contributed by atoms with Crippen molar-refractivity contribution in [2.45, 2.75) is 6.54 Å². The Morgan fingerprint density at radius 2 is 1.78 bits per heavy atom. The maximum atomic E-state index is 12.0. The van der Waals surface area contributed by atoms with Gasteiger partial charge in [-0.3, -0.25) is 14.3 Å². The molecule has 0 aliphatic carbocycles. The topological polar surface area (TPSA) is 104 Å². The first-order chi connectivity index (χ1) is 12.8. The van der Waals surface area contributed by atoms with Crippen LogP contribution in [0.3, 0.4) is 0 Å². The molecule has 0 unspecified atom stereocenters. The van der Waals surface area contributed by atoms with Crippen LogP contribution in [0.25, 0.3) is 6.08 Å².